The summed E-state index contributed by atoms with van der Waals surface area (Å²) in [4.78, 5) is 27.0. The highest BCUT2D eigenvalue weighted by molar-refractivity contribution is 6.34. The molecule has 3 N–H and O–H groups in total. The molecule has 21 heavy (non-hydrogen) atoms. The average molecular weight is 306 g/mol. The standard InChI is InChI=1S/C14H12ClN3O3/c1-8-5-6-16-7-11(8)18-14(21)17-10-4-2-3-9(15)12(10)13(19)20/h2-7H,1H3,(H,19,20)(H2,17,18,21). The number of pyridine rings is 1. The number of carbonyl (C=O) groups is 2. The summed E-state index contributed by atoms with van der Waals surface area (Å²) in [6, 6.07) is 5.64. The number of aromatic nitrogens is 1. The van der Waals surface area contributed by atoms with Crippen LogP contribution in [0.5, 0.6) is 0 Å². The van der Waals surface area contributed by atoms with E-state index in [1.807, 2.05) is 6.92 Å². The summed E-state index contributed by atoms with van der Waals surface area (Å²) < 4.78 is 0. The molecule has 0 unspecified atom stereocenters. The summed E-state index contributed by atoms with van der Waals surface area (Å²) in [7, 11) is 0. The van der Waals surface area contributed by atoms with Crippen LogP contribution in [0.25, 0.3) is 0 Å². The van der Waals surface area contributed by atoms with Crippen LogP contribution in [0.4, 0.5) is 16.2 Å². The molecule has 0 fully saturated rings. The first-order chi connectivity index (χ1) is 9.99. The molecule has 2 aromatic rings. The number of aromatic carboxylic acids is 1. The Kier molecular flexibility index (Phi) is 4.39. The molecule has 0 saturated carbocycles. The first kappa shape index (κ1) is 14.8. The summed E-state index contributed by atoms with van der Waals surface area (Å²) in [5.41, 5.74) is 1.34. The van der Waals surface area contributed by atoms with E-state index in [0.717, 1.165) is 5.56 Å². The molecule has 2 rings (SSSR count). The molecule has 7 heteroatoms. The van der Waals surface area contributed by atoms with Gasteiger partial charge in [0.25, 0.3) is 0 Å². The van der Waals surface area contributed by atoms with Gasteiger partial charge >= 0.3 is 12.0 Å². The van der Waals surface area contributed by atoms with Gasteiger partial charge in [-0.3, -0.25) is 4.98 Å². The third-order valence-corrected chi connectivity index (χ3v) is 3.08. The molecule has 0 saturated heterocycles. The minimum Gasteiger partial charge on any atom is -0.478 e. The van der Waals surface area contributed by atoms with E-state index in [2.05, 4.69) is 15.6 Å². The highest BCUT2D eigenvalue weighted by atomic mass is 35.5. The Morgan fingerprint density at radius 1 is 1.19 bits per heavy atom. The Bertz CT molecular complexity index is 704. The van der Waals surface area contributed by atoms with Gasteiger partial charge in [0.05, 0.1) is 22.6 Å². The lowest BCUT2D eigenvalue weighted by atomic mass is 10.2. The summed E-state index contributed by atoms with van der Waals surface area (Å²) >= 11 is 5.83. The first-order valence-electron chi connectivity index (χ1n) is 5.99. The van der Waals surface area contributed by atoms with E-state index in [4.69, 9.17) is 16.7 Å². The predicted octanol–water partition coefficient (Wildman–Crippen LogP) is 3.39. The maximum absolute atomic E-state index is 11.9. The van der Waals surface area contributed by atoms with Crippen molar-refractivity contribution >= 4 is 35.0 Å². The van der Waals surface area contributed by atoms with Crippen molar-refractivity contribution in [3.05, 3.63) is 52.8 Å². The number of hydrogen-bond donors (Lipinski definition) is 3. The molecule has 1 heterocycles. The molecular formula is C14H12ClN3O3. The Labute approximate surface area is 125 Å². The second kappa shape index (κ2) is 6.23. The van der Waals surface area contributed by atoms with Gasteiger partial charge in [-0.1, -0.05) is 17.7 Å². The lowest BCUT2D eigenvalue weighted by molar-refractivity contribution is 0.0698. The van der Waals surface area contributed by atoms with Gasteiger partial charge in [0.1, 0.15) is 5.56 Å². The topological polar surface area (TPSA) is 91.3 Å². The molecule has 0 aliphatic rings. The molecule has 0 bridgehead atoms. The monoisotopic (exact) mass is 305 g/mol. The molecular weight excluding hydrogens is 294 g/mol. The second-order valence-corrected chi connectivity index (χ2v) is 4.64. The summed E-state index contributed by atoms with van der Waals surface area (Å²) in [6.45, 7) is 1.82. The molecule has 6 nitrogen and oxygen atoms in total. The third-order valence-electron chi connectivity index (χ3n) is 2.76. The number of halogens is 1. The lowest BCUT2D eigenvalue weighted by Gasteiger charge is -2.11. The van der Waals surface area contributed by atoms with Gasteiger partial charge in [0.2, 0.25) is 0 Å². The third kappa shape index (κ3) is 3.49. The number of nitrogens with one attached hydrogen (secondary N) is 2. The fraction of sp³-hybridized carbons (Fsp3) is 0.0714. The molecule has 2 amide bonds. The average Bonchev–Trinajstić information content (AvgIpc) is 2.41. The van der Waals surface area contributed by atoms with Crippen molar-refractivity contribution in [2.24, 2.45) is 0 Å². The number of benzene rings is 1. The van der Waals surface area contributed by atoms with Crippen LogP contribution in [0.15, 0.2) is 36.7 Å². The van der Waals surface area contributed by atoms with Crippen LogP contribution in [-0.2, 0) is 0 Å². The van der Waals surface area contributed by atoms with E-state index in [1.165, 1.54) is 18.3 Å². The van der Waals surface area contributed by atoms with Crippen molar-refractivity contribution in [1.82, 2.24) is 4.98 Å². The Morgan fingerprint density at radius 3 is 2.57 bits per heavy atom. The van der Waals surface area contributed by atoms with Crippen LogP contribution < -0.4 is 10.6 Å². The lowest BCUT2D eigenvalue weighted by Crippen LogP contribution is -2.21. The van der Waals surface area contributed by atoms with Crippen molar-refractivity contribution in [2.45, 2.75) is 6.92 Å². The van der Waals surface area contributed by atoms with Crippen molar-refractivity contribution < 1.29 is 14.7 Å². The van der Waals surface area contributed by atoms with Gasteiger partial charge in [-0.05, 0) is 30.7 Å². The smallest absolute Gasteiger partial charge is 0.339 e. The number of hydrogen-bond acceptors (Lipinski definition) is 3. The molecule has 0 radical (unpaired) electrons. The number of nitrogens with zero attached hydrogens (tertiary/aromatic N) is 1. The van der Waals surface area contributed by atoms with E-state index in [-0.39, 0.29) is 16.3 Å². The Morgan fingerprint density at radius 2 is 1.90 bits per heavy atom. The van der Waals surface area contributed by atoms with Crippen molar-refractivity contribution in [3.63, 3.8) is 0 Å². The number of carbonyl (C=O) groups excluding carboxylic acids is 1. The summed E-state index contributed by atoms with van der Waals surface area (Å²) in [5, 5.41) is 14.2. The molecule has 0 aliphatic heterocycles. The molecule has 0 aliphatic carbocycles. The highest BCUT2D eigenvalue weighted by Gasteiger charge is 2.16. The zero-order valence-corrected chi connectivity index (χ0v) is 11.8. The number of urea groups is 1. The van der Waals surface area contributed by atoms with Gasteiger partial charge in [0.15, 0.2) is 0 Å². The number of amides is 2. The first-order valence-corrected chi connectivity index (χ1v) is 6.37. The minimum absolute atomic E-state index is 0.0536. The van der Waals surface area contributed by atoms with Gasteiger partial charge < -0.3 is 15.7 Å². The molecule has 1 aromatic carbocycles. The molecule has 0 spiro atoms. The van der Waals surface area contributed by atoms with E-state index in [9.17, 15) is 9.59 Å². The maximum atomic E-state index is 11.9. The van der Waals surface area contributed by atoms with Gasteiger partial charge in [-0.25, -0.2) is 9.59 Å². The van der Waals surface area contributed by atoms with Gasteiger partial charge in [-0.2, -0.15) is 0 Å². The van der Waals surface area contributed by atoms with Crippen LogP contribution >= 0.6 is 11.6 Å². The molecule has 0 atom stereocenters. The minimum atomic E-state index is -1.21. The van der Waals surface area contributed by atoms with Crippen LogP contribution in [0.3, 0.4) is 0 Å². The number of rotatable bonds is 3. The van der Waals surface area contributed by atoms with E-state index < -0.39 is 12.0 Å². The van der Waals surface area contributed by atoms with E-state index in [0.29, 0.717) is 5.69 Å². The summed E-state index contributed by atoms with van der Waals surface area (Å²) in [6.07, 6.45) is 3.11. The van der Waals surface area contributed by atoms with Crippen LogP contribution in [0.1, 0.15) is 15.9 Å². The van der Waals surface area contributed by atoms with Gasteiger partial charge in [0, 0.05) is 6.20 Å². The second-order valence-electron chi connectivity index (χ2n) is 4.24. The Hall–Kier alpha value is -2.60. The SMILES string of the molecule is Cc1ccncc1NC(=O)Nc1cccc(Cl)c1C(=O)O. The number of carboxylic acids is 1. The van der Waals surface area contributed by atoms with Crippen molar-refractivity contribution in [3.8, 4) is 0 Å². The van der Waals surface area contributed by atoms with Gasteiger partial charge in [-0.15, -0.1) is 0 Å². The number of anilines is 2. The summed E-state index contributed by atoms with van der Waals surface area (Å²) in [5.74, 6) is -1.21. The molecule has 1 aromatic heterocycles. The fourth-order valence-electron chi connectivity index (χ4n) is 1.72. The largest absolute Gasteiger partial charge is 0.478 e. The molecule has 108 valence electrons. The number of carboxylic acid groups (broad SMARTS) is 1. The van der Waals surface area contributed by atoms with Crippen molar-refractivity contribution in [2.75, 3.05) is 10.6 Å². The van der Waals surface area contributed by atoms with E-state index in [1.54, 1.807) is 18.3 Å². The number of aryl methyl sites for hydroxylation is 1. The zero-order chi connectivity index (χ0) is 15.4. The zero-order valence-electron chi connectivity index (χ0n) is 11.1. The Balaban J connectivity index is 2.19. The van der Waals surface area contributed by atoms with Crippen LogP contribution in [0.2, 0.25) is 5.02 Å². The highest BCUT2D eigenvalue weighted by Crippen LogP contribution is 2.24. The van der Waals surface area contributed by atoms with E-state index >= 15 is 0 Å². The van der Waals surface area contributed by atoms with Crippen LogP contribution in [0, 0.1) is 6.92 Å². The predicted molar refractivity (Wildman–Crippen MR) is 80.0 cm³/mol. The maximum Gasteiger partial charge on any atom is 0.339 e. The quantitative estimate of drug-likeness (QED) is 0.810. The normalized spacial score (nSPS) is 10.0. The van der Waals surface area contributed by atoms with Crippen LogP contribution in [-0.4, -0.2) is 22.1 Å². The van der Waals surface area contributed by atoms with Crippen molar-refractivity contribution in [1.29, 1.82) is 0 Å². The fourth-order valence-corrected chi connectivity index (χ4v) is 1.97.